The molecular formula is C12H9ClN4S. The number of nitrogens with one attached hydrogen (secondary N) is 1. The van der Waals surface area contributed by atoms with Gasteiger partial charge in [0.15, 0.2) is 5.16 Å². The lowest BCUT2D eigenvalue weighted by Crippen LogP contribution is -1.90. The van der Waals surface area contributed by atoms with Crippen LogP contribution in [-0.2, 0) is 0 Å². The van der Waals surface area contributed by atoms with Crippen molar-refractivity contribution in [2.45, 2.75) is 17.1 Å². The smallest absolute Gasteiger partial charge is 0.172 e. The zero-order valence-corrected chi connectivity index (χ0v) is 11.1. The Morgan fingerprint density at radius 3 is 2.78 bits per heavy atom. The monoisotopic (exact) mass is 276 g/mol. The molecule has 18 heavy (non-hydrogen) atoms. The van der Waals surface area contributed by atoms with Crippen LogP contribution in [0.5, 0.6) is 0 Å². The summed E-state index contributed by atoms with van der Waals surface area (Å²) in [6.45, 7) is 1.81. The highest BCUT2D eigenvalue weighted by Gasteiger charge is 2.06. The predicted molar refractivity (Wildman–Crippen MR) is 72.0 cm³/mol. The maximum Gasteiger partial charge on any atom is 0.172 e. The predicted octanol–water partition coefficient (Wildman–Crippen LogP) is 3.47. The van der Waals surface area contributed by atoms with Crippen molar-refractivity contribution >= 4 is 34.4 Å². The van der Waals surface area contributed by atoms with E-state index in [0.717, 1.165) is 21.2 Å². The summed E-state index contributed by atoms with van der Waals surface area (Å²) in [7, 11) is 0. The highest BCUT2D eigenvalue weighted by molar-refractivity contribution is 7.99. The SMILES string of the molecule is Cc1nc(Cl)cc(Sc2nc3ccccc3[nH]2)n1. The van der Waals surface area contributed by atoms with Gasteiger partial charge in [-0.2, -0.15) is 0 Å². The molecule has 3 aromatic rings. The molecule has 0 atom stereocenters. The summed E-state index contributed by atoms with van der Waals surface area (Å²) >= 11 is 7.34. The van der Waals surface area contributed by atoms with E-state index in [1.807, 2.05) is 31.2 Å². The maximum atomic E-state index is 5.90. The van der Waals surface area contributed by atoms with Gasteiger partial charge in [0.25, 0.3) is 0 Å². The van der Waals surface area contributed by atoms with E-state index in [1.165, 1.54) is 11.8 Å². The van der Waals surface area contributed by atoms with Crippen LogP contribution in [0.1, 0.15) is 5.82 Å². The lowest BCUT2D eigenvalue weighted by Gasteiger charge is -1.99. The van der Waals surface area contributed by atoms with Gasteiger partial charge in [0, 0.05) is 6.07 Å². The third-order valence-electron chi connectivity index (χ3n) is 2.35. The molecule has 0 fully saturated rings. The largest absolute Gasteiger partial charge is 0.333 e. The van der Waals surface area contributed by atoms with Crippen molar-refractivity contribution in [1.82, 2.24) is 19.9 Å². The molecular weight excluding hydrogens is 268 g/mol. The number of halogens is 1. The van der Waals surface area contributed by atoms with Gasteiger partial charge in [0.2, 0.25) is 0 Å². The highest BCUT2D eigenvalue weighted by Crippen LogP contribution is 2.26. The minimum absolute atomic E-state index is 0.445. The van der Waals surface area contributed by atoms with Gasteiger partial charge in [-0.05, 0) is 30.8 Å². The van der Waals surface area contributed by atoms with Crippen LogP contribution in [0.2, 0.25) is 5.15 Å². The van der Waals surface area contributed by atoms with E-state index < -0.39 is 0 Å². The second-order valence-corrected chi connectivity index (χ2v) is 5.13. The molecule has 6 heteroatoms. The molecule has 90 valence electrons. The van der Waals surface area contributed by atoms with Crippen LogP contribution in [-0.4, -0.2) is 19.9 Å². The number of hydrogen-bond donors (Lipinski definition) is 1. The molecule has 0 aliphatic rings. The molecule has 0 amide bonds. The lowest BCUT2D eigenvalue weighted by atomic mass is 10.3. The second-order valence-electron chi connectivity index (χ2n) is 3.74. The lowest BCUT2D eigenvalue weighted by molar-refractivity contribution is 0.960. The average Bonchev–Trinajstić information content (AvgIpc) is 2.69. The first-order chi connectivity index (χ1) is 8.70. The van der Waals surface area contributed by atoms with Crippen LogP contribution in [0.4, 0.5) is 0 Å². The second kappa shape index (κ2) is 4.59. The Kier molecular flexibility index (Phi) is 2.93. The molecule has 0 saturated heterocycles. The molecule has 1 N–H and O–H groups in total. The number of rotatable bonds is 2. The summed E-state index contributed by atoms with van der Waals surface area (Å²) in [6, 6.07) is 9.62. The van der Waals surface area contributed by atoms with Crippen molar-refractivity contribution in [2.24, 2.45) is 0 Å². The first-order valence-corrected chi connectivity index (χ1v) is 6.54. The number of benzene rings is 1. The number of para-hydroxylation sites is 2. The Morgan fingerprint density at radius 1 is 1.17 bits per heavy atom. The summed E-state index contributed by atoms with van der Waals surface area (Å²) in [6.07, 6.45) is 0. The van der Waals surface area contributed by atoms with Crippen molar-refractivity contribution in [2.75, 3.05) is 0 Å². The molecule has 0 aliphatic carbocycles. The van der Waals surface area contributed by atoms with E-state index in [9.17, 15) is 0 Å². The van der Waals surface area contributed by atoms with Gasteiger partial charge in [-0.15, -0.1) is 0 Å². The minimum Gasteiger partial charge on any atom is -0.333 e. The van der Waals surface area contributed by atoms with E-state index in [2.05, 4.69) is 19.9 Å². The van der Waals surface area contributed by atoms with E-state index >= 15 is 0 Å². The van der Waals surface area contributed by atoms with Gasteiger partial charge < -0.3 is 4.98 Å². The third-order valence-corrected chi connectivity index (χ3v) is 3.35. The topological polar surface area (TPSA) is 54.5 Å². The molecule has 0 bridgehead atoms. The van der Waals surface area contributed by atoms with Gasteiger partial charge >= 0.3 is 0 Å². The van der Waals surface area contributed by atoms with Crippen molar-refractivity contribution in [1.29, 1.82) is 0 Å². The van der Waals surface area contributed by atoms with Gasteiger partial charge in [-0.3, -0.25) is 0 Å². The number of aromatic nitrogens is 4. The number of aryl methyl sites for hydroxylation is 1. The first kappa shape index (κ1) is 11.5. The van der Waals surface area contributed by atoms with Gasteiger partial charge in [0.05, 0.1) is 11.0 Å². The summed E-state index contributed by atoms with van der Waals surface area (Å²) in [5.41, 5.74) is 1.95. The van der Waals surface area contributed by atoms with Crippen molar-refractivity contribution in [3.63, 3.8) is 0 Å². The Morgan fingerprint density at radius 2 is 2.00 bits per heavy atom. The van der Waals surface area contributed by atoms with Crippen LogP contribution < -0.4 is 0 Å². The maximum absolute atomic E-state index is 5.90. The summed E-state index contributed by atoms with van der Waals surface area (Å²) in [5.74, 6) is 0.654. The number of H-pyrrole nitrogens is 1. The number of imidazole rings is 1. The molecule has 4 nitrogen and oxygen atoms in total. The summed E-state index contributed by atoms with van der Waals surface area (Å²) in [5, 5.41) is 2.03. The normalized spacial score (nSPS) is 11.0. The zero-order valence-electron chi connectivity index (χ0n) is 9.51. The standard InChI is InChI=1S/C12H9ClN4S/c1-7-14-10(13)6-11(15-7)18-12-16-8-4-2-3-5-9(8)17-12/h2-6H,1H3,(H,16,17). The van der Waals surface area contributed by atoms with Crippen molar-refractivity contribution < 1.29 is 0 Å². The number of fused-ring (bicyclic) bond motifs is 1. The highest BCUT2D eigenvalue weighted by atomic mass is 35.5. The van der Waals surface area contributed by atoms with Crippen molar-refractivity contribution in [3.8, 4) is 0 Å². The average molecular weight is 277 g/mol. The molecule has 3 rings (SSSR count). The van der Waals surface area contributed by atoms with Gasteiger partial charge in [-0.1, -0.05) is 23.7 Å². The fourth-order valence-corrected chi connectivity index (χ4v) is 2.78. The summed E-state index contributed by atoms with van der Waals surface area (Å²) < 4.78 is 0. The van der Waals surface area contributed by atoms with Crippen LogP contribution in [0.3, 0.4) is 0 Å². The van der Waals surface area contributed by atoms with Gasteiger partial charge in [-0.25, -0.2) is 15.0 Å². The Balaban J connectivity index is 1.96. The van der Waals surface area contributed by atoms with E-state index in [1.54, 1.807) is 6.07 Å². The molecule has 2 heterocycles. The molecule has 2 aromatic heterocycles. The molecule has 0 radical (unpaired) electrons. The number of nitrogens with zero attached hydrogens (tertiary/aromatic N) is 3. The molecule has 0 aliphatic heterocycles. The first-order valence-electron chi connectivity index (χ1n) is 5.34. The van der Waals surface area contributed by atoms with Crippen molar-refractivity contribution in [3.05, 3.63) is 41.3 Å². The fourth-order valence-electron chi connectivity index (χ4n) is 1.63. The molecule has 0 spiro atoms. The molecule has 0 saturated carbocycles. The van der Waals surface area contributed by atoms with Crippen LogP contribution in [0, 0.1) is 6.92 Å². The zero-order chi connectivity index (χ0) is 12.5. The molecule has 1 aromatic carbocycles. The minimum atomic E-state index is 0.445. The number of hydrogen-bond acceptors (Lipinski definition) is 4. The Bertz CT molecular complexity index is 657. The number of aromatic amines is 1. The van der Waals surface area contributed by atoms with E-state index in [-0.39, 0.29) is 0 Å². The van der Waals surface area contributed by atoms with E-state index in [4.69, 9.17) is 11.6 Å². The fraction of sp³-hybridized carbons (Fsp3) is 0.0833. The van der Waals surface area contributed by atoms with Crippen LogP contribution >= 0.6 is 23.4 Å². The van der Waals surface area contributed by atoms with Gasteiger partial charge in [0.1, 0.15) is 16.0 Å². The van der Waals surface area contributed by atoms with Crippen LogP contribution in [0.25, 0.3) is 11.0 Å². The Hall–Kier alpha value is -1.59. The quantitative estimate of drug-likeness (QED) is 0.728. The third kappa shape index (κ3) is 2.32. The van der Waals surface area contributed by atoms with E-state index in [0.29, 0.717) is 11.0 Å². The Labute approximate surface area is 113 Å². The summed E-state index contributed by atoms with van der Waals surface area (Å²) in [4.78, 5) is 16.0. The van der Waals surface area contributed by atoms with Crippen LogP contribution in [0.15, 0.2) is 40.5 Å². The molecule has 0 unspecified atom stereocenters.